The predicted octanol–water partition coefficient (Wildman–Crippen LogP) is 4.02. The maximum atomic E-state index is 5.97. The Bertz CT molecular complexity index is 389. The van der Waals surface area contributed by atoms with Gasteiger partial charge in [0.05, 0.1) is 4.87 Å². The van der Waals surface area contributed by atoms with E-state index >= 15 is 0 Å². The first-order valence-electron chi connectivity index (χ1n) is 4.37. The zero-order valence-electron chi connectivity index (χ0n) is 8.49. The topological polar surface area (TPSA) is 0 Å². The minimum Gasteiger partial charge on any atom is -0.106 e. The molecule has 0 aliphatic carbocycles. The van der Waals surface area contributed by atoms with Crippen LogP contribution in [0.4, 0.5) is 0 Å². The summed E-state index contributed by atoms with van der Waals surface area (Å²) >= 11 is 11.9. The normalized spacial score (nSPS) is 10.6. The maximum Gasteiger partial charge on any atom is 0.0997 e. The Labute approximate surface area is 95.2 Å². The summed E-state index contributed by atoms with van der Waals surface area (Å²) < 4.78 is 0. The van der Waals surface area contributed by atoms with Gasteiger partial charge in [0.25, 0.3) is 0 Å². The fourth-order valence-electron chi connectivity index (χ4n) is 0.959. The van der Waals surface area contributed by atoms with Crippen molar-refractivity contribution in [3.8, 4) is 11.8 Å². The first kappa shape index (κ1) is 11.4. The van der Waals surface area contributed by atoms with Crippen molar-refractivity contribution in [2.75, 3.05) is 0 Å². The molecule has 0 spiro atoms. The van der Waals surface area contributed by atoms with Crippen LogP contribution < -0.4 is 0 Å². The number of alkyl halides is 1. The number of benzene rings is 1. The molecular formula is C12H12Cl2. The van der Waals surface area contributed by atoms with Crippen LogP contribution in [-0.2, 0) is 0 Å². The molecule has 74 valence electrons. The quantitative estimate of drug-likeness (QED) is 0.464. The Morgan fingerprint density at radius 3 is 2.50 bits per heavy atom. The molecule has 0 saturated heterocycles. The van der Waals surface area contributed by atoms with Crippen LogP contribution in [0.1, 0.15) is 25.0 Å². The van der Waals surface area contributed by atoms with E-state index in [9.17, 15) is 0 Å². The highest BCUT2D eigenvalue weighted by Crippen LogP contribution is 2.18. The molecule has 0 atom stereocenters. The van der Waals surface area contributed by atoms with Crippen LogP contribution in [0.5, 0.6) is 0 Å². The lowest BCUT2D eigenvalue weighted by molar-refractivity contribution is 0.917. The van der Waals surface area contributed by atoms with Crippen molar-refractivity contribution in [1.82, 2.24) is 0 Å². The average molecular weight is 227 g/mol. The Kier molecular flexibility index (Phi) is 3.48. The van der Waals surface area contributed by atoms with Crippen molar-refractivity contribution in [3.05, 3.63) is 34.3 Å². The molecule has 0 N–H and O–H groups in total. The van der Waals surface area contributed by atoms with Gasteiger partial charge in [0.15, 0.2) is 0 Å². The molecule has 0 bridgehead atoms. The van der Waals surface area contributed by atoms with Crippen LogP contribution in [0.2, 0.25) is 5.02 Å². The highest BCUT2D eigenvalue weighted by molar-refractivity contribution is 6.31. The summed E-state index contributed by atoms with van der Waals surface area (Å²) in [5, 5.41) is 0.740. The molecule has 0 saturated carbocycles. The molecule has 0 aliphatic heterocycles. The number of halogens is 2. The van der Waals surface area contributed by atoms with E-state index < -0.39 is 4.87 Å². The van der Waals surface area contributed by atoms with Crippen molar-refractivity contribution in [1.29, 1.82) is 0 Å². The molecule has 1 rings (SSSR count). The minimum absolute atomic E-state index is 0.491. The van der Waals surface area contributed by atoms with Crippen LogP contribution in [0, 0.1) is 18.8 Å². The van der Waals surface area contributed by atoms with Crippen LogP contribution in [-0.4, -0.2) is 4.87 Å². The first-order chi connectivity index (χ1) is 6.40. The predicted molar refractivity (Wildman–Crippen MR) is 63.0 cm³/mol. The van der Waals surface area contributed by atoms with E-state index in [1.165, 1.54) is 0 Å². The second-order valence-corrected chi connectivity index (χ2v) is 4.99. The van der Waals surface area contributed by atoms with Gasteiger partial charge in [0.1, 0.15) is 0 Å². The Morgan fingerprint density at radius 2 is 1.93 bits per heavy atom. The zero-order valence-corrected chi connectivity index (χ0v) is 10.00. The van der Waals surface area contributed by atoms with E-state index in [-0.39, 0.29) is 0 Å². The lowest BCUT2D eigenvalue weighted by Gasteiger charge is -2.05. The van der Waals surface area contributed by atoms with Crippen molar-refractivity contribution in [3.63, 3.8) is 0 Å². The minimum atomic E-state index is -0.491. The van der Waals surface area contributed by atoms with Gasteiger partial charge in [-0.25, -0.2) is 0 Å². The molecule has 0 nitrogen and oxygen atoms in total. The molecule has 0 fully saturated rings. The van der Waals surface area contributed by atoms with E-state index in [1.807, 2.05) is 39.0 Å². The Balaban J connectivity index is 3.08. The SMILES string of the molecule is Cc1c(Cl)cccc1C#CC(C)(C)Cl. The first-order valence-corrected chi connectivity index (χ1v) is 5.13. The Morgan fingerprint density at radius 1 is 1.29 bits per heavy atom. The number of hydrogen-bond donors (Lipinski definition) is 0. The molecule has 0 heterocycles. The average Bonchev–Trinajstić information content (AvgIpc) is 2.06. The summed E-state index contributed by atoms with van der Waals surface area (Å²) in [6.45, 7) is 5.68. The third-order valence-electron chi connectivity index (χ3n) is 1.76. The molecule has 14 heavy (non-hydrogen) atoms. The lowest BCUT2D eigenvalue weighted by atomic mass is 10.1. The van der Waals surface area contributed by atoms with Gasteiger partial charge in [0.2, 0.25) is 0 Å². The summed E-state index contributed by atoms with van der Waals surface area (Å²) in [6.07, 6.45) is 0. The molecule has 2 heteroatoms. The fraction of sp³-hybridized carbons (Fsp3) is 0.333. The van der Waals surface area contributed by atoms with Crippen LogP contribution in [0.3, 0.4) is 0 Å². The van der Waals surface area contributed by atoms with E-state index in [1.54, 1.807) is 0 Å². The summed E-state index contributed by atoms with van der Waals surface area (Å²) in [6, 6.07) is 5.69. The highest BCUT2D eigenvalue weighted by atomic mass is 35.5. The van der Waals surface area contributed by atoms with Crippen LogP contribution >= 0.6 is 23.2 Å². The van der Waals surface area contributed by atoms with E-state index in [2.05, 4.69) is 11.8 Å². The fourth-order valence-corrected chi connectivity index (χ4v) is 1.18. The van der Waals surface area contributed by atoms with Crippen molar-refractivity contribution < 1.29 is 0 Å². The smallest absolute Gasteiger partial charge is 0.0997 e. The third-order valence-corrected chi connectivity index (χ3v) is 2.27. The summed E-state index contributed by atoms with van der Waals surface area (Å²) in [7, 11) is 0. The van der Waals surface area contributed by atoms with Crippen LogP contribution in [0.15, 0.2) is 18.2 Å². The standard InChI is InChI=1S/C12H12Cl2/c1-9-10(5-4-6-11(9)13)7-8-12(2,3)14/h4-6H,1-3H3. The highest BCUT2D eigenvalue weighted by Gasteiger charge is 2.07. The van der Waals surface area contributed by atoms with Crippen molar-refractivity contribution >= 4 is 23.2 Å². The largest absolute Gasteiger partial charge is 0.106 e. The van der Waals surface area contributed by atoms with Gasteiger partial charge in [-0.3, -0.25) is 0 Å². The van der Waals surface area contributed by atoms with Gasteiger partial charge in [-0.2, -0.15) is 0 Å². The van der Waals surface area contributed by atoms with Crippen molar-refractivity contribution in [2.45, 2.75) is 25.6 Å². The monoisotopic (exact) mass is 226 g/mol. The summed E-state index contributed by atoms with van der Waals surface area (Å²) in [5.74, 6) is 5.99. The molecule has 1 aromatic rings. The van der Waals surface area contributed by atoms with Crippen LogP contribution in [0.25, 0.3) is 0 Å². The van der Waals surface area contributed by atoms with E-state index in [0.717, 1.165) is 16.1 Å². The molecule has 1 aromatic carbocycles. The van der Waals surface area contributed by atoms with Gasteiger partial charge in [-0.1, -0.05) is 29.5 Å². The van der Waals surface area contributed by atoms with Gasteiger partial charge < -0.3 is 0 Å². The van der Waals surface area contributed by atoms with Gasteiger partial charge in [-0.15, -0.1) is 11.6 Å². The number of rotatable bonds is 0. The zero-order chi connectivity index (χ0) is 10.8. The molecular weight excluding hydrogens is 215 g/mol. The Hall–Kier alpha value is -0.640. The van der Waals surface area contributed by atoms with E-state index in [4.69, 9.17) is 23.2 Å². The van der Waals surface area contributed by atoms with Crippen molar-refractivity contribution in [2.24, 2.45) is 0 Å². The molecule has 0 unspecified atom stereocenters. The maximum absolute atomic E-state index is 5.97. The molecule has 0 aliphatic rings. The van der Waals surface area contributed by atoms with Gasteiger partial charge in [0, 0.05) is 10.6 Å². The molecule has 0 amide bonds. The van der Waals surface area contributed by atoms with Gasteiger partial charge >= 0.3 is 0 Å². The van der Waals surface area contributed by atoms with Gasteiger partial charge in [-0.05, 0) is 38.5 Å². The third kappa shape index (κ3) is 3.25. The number of hydrogen-bond acceptors (Lipinski definition) is 0. The molecule has 0 radical (unpaired) electrons. The lowest BCUT2D eigenvalue weighted by Crippen LogP contribution is -2.04. The molecule has 0 aromatic heterocycles. The summed E-state index contributed by atoms with van der Waals surface area (Å²) in [4.78, 5) is -0.491. The summed E-state index contributed by atoms with van der Waals surface area (Å²) in [5.41, 5.74) is 1.94. The second kappa shape index (κ2) is 4.26. The van der Waals surface area contributed by atoms with E-state index in [0.29, 0.717) is 0 Å². The second-order valence-electron chi connectivity index (χ2n) is 3.63.